The zero-order valence-electron chi connectivity index (χ0n) is 16.7. The van der Waals surface area contributed by atoms with Gasteiger partial charge in [-0.3, -0.25) is 4.79 Å². The molecule has 160 valence electrons. The van der Waals surface area contributed by atoms with Crippen LogP contribution < -0.4 is 0 Å². The number of fused-ring (bicyclic) bond motifs is 1. The van der Waals surface area contributed by atoms with Gasteiger partial charge in [-0.1, -0.05) is 23.7 Å². The van der Waals surface area contributed by atoms with Crippen LogP contribution in [-0.2, 0) is 12.3 Å². The maximum Gasteiger partial charge on any atom is 0.335 e. The Balaban J connectivity index is 1.94. The van der Waals surface area contributed by atoms with E-state index in [-0.39, 0.29) is 45.2 Å². The smallest absolute Gasteiger partial charge is 0.335 e. The molecule has 0 unspecified atom stereocenters. The number of aryl methyl sites for hydroxylation is 1. The lowest BCUT2D eigenvalue weighted by atomic mass is 9.97. The number of hydrogen-bond donors (Lipinski definition) is 1. The first-order valence-electron chi connectivity index (χ1n) is 9.84. The molecule has 0 fully saturated rings. The van der Waals surface area contributed by atoms with E-state index in [0.29, 0.717) is 24.8 Å². The third kappa shape index (κ3) is 3.74. The Kier molecular flexibility index (Phi) is 5.39. The molecule has 1 N–H and O–H groups in total. The fraction of sp³-hybridized carbons (Fsp3) is 0.261. The number of ketones is 1. The van der Waals surface area contributed by atoms with Crippen LogP contribution in [0.2, 0.25) is 5.02 Å². The van der Waals surface area contributed by atoms with Crippen molar-refractivity contribution >= 4 is 23.4 Å². The van der Waals surface area contributed by atoms with E-state index in [1.165, 1.54) is 24.3 Å². The van der Waals surface area contributed by atoms with Crippen molar-refractivity contribution in [3.63, 3.8) is 0 Å². The van der Waals surface area contributed by atoms with Gasteiger partial charge in [0, 0.05) is 17.5 Å². The van der Waals surface area contributed by atoms with E-state index < -0.39 is 17.7 Å². The van der Waals surface area contributed by atoms with Gasteiger partial charge in [0.1, 0.15) is 11.4 Å². The third-order valence-corrected chi connectivity index (χ3v) is 5.84. The number of carboxylic acids is 1. The number of aromatic carboxylic acids is 1. The number of aromatic nitrogens is 2. The number of hydrogen-bond acceptors (Lipinski definition) is 3. The average molecular weight is 445 g/mol. The molecule has 0 saturated carbocycles. The molecule has 1 aromatic heterocycles. The van der Waals surface area contributed by atoms with Crippen molar-refractivity contribution in [1.82, 2.24) is 9.78 Å². The molecular weight excluding hydrogens is 426 g/mol. The monoisotopic (exact) mass is 444 g/mol. The van der Waals surface area contributed by atoms with Crippen molar-refractivity contribution in [3.05, 3.63) is 81.1 Å². The summed E-state index contributed by atoms with van der Waals surface area (Å²) in [6.45, 7) is 1.73. The fourth-order valence-corrected chi connectivity index (χ4v) is 4.29. The Labute approximate surface area is 182 Å². The zero-order valence-corrected chi connectivity index (χ0v) is 17.4. The van der Waals surface area contributed by atoms with Crippen molar-refractivity contribution in [1.29, 1.82) is 0 Å². The van der Waals surface area contributed by atoms with E-state index in [2.05, 4.69) is 5.10 Å². The average Bonchev–Trinajstić information content (AvgIpc) is 3.04. The Morgan fingerprint density at radius 1 is 1.13 bits per heavy atom. The van der Waals surface area contributed by atoms with Gasteiger partial charge in [0.15, 0.2) is 0 Å². The van der Waals surface area contributed by atoms with Crippen LogP contribution in [0.3, 0.4) is 0 Å². The molecule has 3 aromatic rings. The minimum atomic E-state index is -3.18. The van der Waals surface area contributed by atoms with Crippen molar-refractivity contribution in [3.8, 4) is 5.69 Å². The highest BCUT2D eigenvalue weighted by atomic mass is 35.5. The number of carbonyl (C=O) groups is 2. The normalized spacial score (nSPS) is 15.2. The summed E-state index contributed by atoms with van der Waals surface area (Å²) in [4.78, 5) is 24.5. The minimum Gasteiger partial charge on any atom is -0.478 e. The second-order valence-corrected chi connectivity index (χ2v) is 8.02. The lowest BCUT2D eigenvalue weighted by Crippen LogP contribution is -2.19. The molecule has 5 nitrogen and oxygen atoms in total. The number of rotatable bonds is 4. The van der Waals surface area contributed by atoms with Gasteiger partial charge in [-0.2, -0.15) is 13.9 Å². The van der Waals surface area contributed by atoms with E-state index in [9.17, 15) is 9.59 Å². The van der Waals surface area contributed by atoms with Crippen LogP contribution >= 0.6 is 11.6 Å². The van der Waals surface area contributed by atoms with Crippen LogP contribution in [0, 0.1) is 6.92 Å². The van der Waals surface area contributed by atoms with Crippen LogP contribution in [0.25, 0.3) is 5.69 Å². The molecule has 2 aromatic carbocycles. The zero-order chi connectivity index (χ0) is 22.3. The molecule has 0 aliphatic heterocycles. The van der Waals surface area contributed by atoms with Crippen molar-refractivity contribution in [2.75, 3.05) is 0 Å². The third-order valence-electron chi connectivity index (χ3n) is 5.52. The summed E-state index contributed by atoms with van der Waals surface area (Å²) < 4.78 is 31.4. The molecule has 0 radical (unpaired) electrons. The molecule has 0 atom stereocenters. The van der Waals surface area contributed by atoms with Crippen molar-refractivity contribution in [2.24, 2.45) is 0 Å². The summed E-state index contributed by atoms with van der Waals surface area (Å²) in [7, 11) is 0. The maximum atomic E-state index is 15.2. The number of nitrogens with zero attached hydrogens (tertiary/aromatic N) is 2. The number of benzene rings is 2. The molecule has 1 aliphatic rings. The van der Waals surface area contributed by atoms with Gasteiger partial charge in [-0.25, -0.2) is 9.48 Å². The van der Waals surface area contributed by atoms with Gasteiger partial charge in [0.05, 0.1) is 16.3 Å². The molecule has 8 heteroatoms. The molecule has 0 amide bonds. The summed E-state index contributed by atoms with van der Waals surface area (Å²) >= 11 is 6.26. The van der Waals surface area contributed by atoms with Crippen molar-refractivity contribution < 1.29 is 23.5 Å². The Hall–Kier alpha value is -3.06. The first-order valence-corrected chi connectivity index (χ1v) is 10.2. The van der Waals surface area contributed by atoms with E-state index >= 15 is 8.78 Å². The number of carboxylic acid groups (broad SMARTS) is 1. The predicted octanol–water partition coefficient (Wildman–Crippen LogP) is 5.58. The minimum absolute atomic E-state index is 0.0248. The SMILES string of the molecule is Cc1cccc(Cl)c1C(=O)c1nn(-c2ccc(C(=O)O)cc2)c2c1CCCCC2(F)F. The summed E-state index contributed by atoms with van der Waals surface area (Å²) in [6.07, 6.45) is 0.771. The van der Waals surface area contributed by atoms with Crippen LogP contribution in [0.1, 0.15) is 62.5 Å². The van der Waals surface area contributed by atoms with Gasteiger partial charge < -0.3 is 5.11 Å². The highest BCUT2D eigenvalue weighted by Crippen LogP contribution is 2.42. The van der Waals surface area contributed by atoms with Gasteiger partial charge in [0.25, 0.3) is 5.92 Å². The molecular formula is C23H19ClF2N2O3. The molecule has 1 aliphatic carbocycles. The predicted molar refractivity (Wildman–Crippen MR) is 112 cm³/mol. The second-order valence-electron chi connectivity index (χ2n) is 7.61. The van der Waals surface area contributed by atoms with Crippen LogP contribution in [0.4, 0.5) is 8.78 Å². The molecule has 31 heavy (non-hydrogen) atoms. The molecule has 0 bridgehead atoms. The lowest BCUT2D eigenvalue weighted by Gasteiger charge is -2.17. The number of halogens is 3. The first kappa shape index (κ1) is 21.2. The number of carbonyl (C=O) groups excluding carboxylic acids is 1. The first-order chi connectivity index (χ1) is 14.7. The Bertz CT molecular complexity index is 1170. The molecule has 4 rings (SSSR count). The largest absolute Gasteiger partial charge is 0.478 e. The molecule has 1 heterocycles. The van der Waals surface area contributed by atoms with E-state index in [4.69, 9.17) is 16.7 Å². The van der Waals surface area contributed by atoms with Crippen LogP contribution in [0.15, 0.2) is 42.5 Å². The Morgan fingerprint density at radius 3 is 2.48 bits per heavy atom. The van der Waals surface area contributed by atoms with E-state index in [0.717, 1.165) is 4.68 Å². The topological polar surface area (TPSA) is 72.2 Å². The van der Waals surface area contributed by atoms with Crippen LogP contribution in [-0.4, -0.2) is 26.6 Å². The fourth-order valence-electron chi connectivity index (χ4n) is 3.98. The highest BCUT2D eigenvalue weighted by molar-refractivity contribution is 6.35. The lowest BCUT2D eigenvalue weighted by molar-refractivity contribution is -0.0203. The van der Waals surface area contributed by atoms with E-state index in [1.807, 2.05) is 0 Å². The Morgan fingerprint density at radius 2 is 1.84 bits per heavy atom. The maximum absolute atomic E-state index is 15.2. The standard InChI is InChI=1S/C23H19ClF2N2O3/c1-13-5-4-7-17(24)18(13)20(29)19-16-6-2-3-12-23(25,26)21(16)28(27-19)15-10-8-14(9-11-15)22(30)31/h4-5,7-11H,2-3,6,12H2,1H3,(H,30,31). The summed E-state index contributed by atoms with van der Waals surface area (Å²) in [5.74, 6) is -4.81. The molecule has 0 spiro atoms. The van der Waals surface area contributed by atoms with Crippen LogP contribution in [0.5, 0.6) is 0 Å². The summed E-state index contributed by atoms with van der Waals surface area (Å²) in [6, 6.07) is 10.5. The van der Waals surface area contributed by atoms with E-state index in [1.54, 1.807) is 25.1 Å². The highest BCUT2D eigenvalue weighted by Gasteiger charge is 2.42. The van der Waals surface area contributed by atoms with Gasteiger partial charge in [-0.05, 0) is 62.1 Å². The quantitative estimate of drug-likeness (QED) is 0.421. The summed E-state index contributed by atoms with van der Waals surface area (Å²) in [5, 5.41) is 13.7. The number of alkyl halides is 2. The van der Waals surface area contributed by atoms with Crippen molar-refractivity contribution in [2.45, 2.75) is 38.5 Å². The van der Waals surface area contributed by atoms with Gasteiger partial charge in [-0.15, -0.1) is 0 Å². The second kappa shape index (κ2) is 7.89. The van der Waals surface area contributed by atoms with Gasteiger partial charge in [0.2, 0.25) is 5.78 Å². The molecule has 0 saturated heterocycles. The summed E-state index contributed by atoms with van der Waals surface area (Å²) in [5.41, 5.74) is 1.01. The van der Waals surface area contributed by atoms with Gasteiger partial charge >= 0.3 is 5.97 Å².